The minimum absolute atomic E-state index is 0.0802. The van der Waals surface area contributed by atoms with Crippen LogP contribution in [-0.4, -0.2) is 45.5 Å². The maximum Gasteiger partial charge on any atom is 0.331 e. The number of carboxylic acids is 1. The number of rotatable bonds is 5. The number of carbonyl (C=O) groups is 1. The van der Waals surface area contributed by atoms with Crippen LogP contribution in [0.4, 0.5) is 0 Å². The molecule has 2 aromatic heterocycles. The highest BCUT2D eigenvalue weighted by Crippen LogP contribution is 2.32. The van der Waals surface area contributed by atoms with Gasteiger partial charge in [-0.15, -0.1) is 0 Å². The van der Waals surface area contributed by atoms with E-state index in [4.69, 9.17) is 9.15 Å². The Kier molecular flexibility index (Phi) is 5.06. The summed E-state index contributed by atoms with van der Waals surface area (Å²) in [5, 5.41) is 14.1. The molecule has 2 aliphatic heterocycles. The topological polar surface area (TPSA) is 80.7 Å². The number of aromatic nitrogens is 2. The molecule has 0 radical (unpaired) electrons. The highest BCUT2D eigenvalue weighted by molar-refractivity contribution is 5.76. The van der Waals surface area contributed by atoms with Crippen LogP contribution < -0.4 is 0 Å². The van der Waals surface area contributed by atoms with Crippen LogP contribution in [0.3, 0.4) is 0 Å². The molecule has 1 atom stereocenters. The van der Waals surface area contributed by atoms with E-state index >= 15 is 0 Å². The maximum atomic E-state index is 12.0. The zero-order valence-electron chi connectivity index (χ0n) is 15.8. The standard InChI is InChI=1S/C20H27N3O4/c1-15-12-21-23(13-15)20(19(24)25)7-9-22(10-8-20)14-16-5-6-18(27-16)17-4-2-3-11-26-17/h5-6,12-13,17H,2-4,7-11,14H2,1H3,(H,24,25). The highest BCUT2D eigenvalue weighted by atomic mass is 16.5. The van der Waals surface area contributed by atoms with E-state index in [-0.39, 0.29) is 6.10 Å². The molecule has 4 heterocycles. The third-order valence-corrected chi connectivity index (χ3v) is 5.79. The zero-order chi connectivity index (χ0) is 18.9. The van der Waals surface area contributed by atoms with Crippen molar-refractivity contribution >= 4 is 5.97 Å². The summed E-state index contributed by atoms with van der Waals surface area (Å²) >= 11 is 0. The Hall–Kier alpha value is -2.12. The quantitative estimate of drug-likeness (QED) is 0.867. The summed E-state index contributed by atoms with van der Waals surface area (Å²) in [7, 11) is 0. The first kappa shape index (κ1) is 18.3. The number of aliphatic carboxylic acids is 1. The van der Waals surface area contributed by atoms with Crippen molar-refractivity contribution in [3.8, 4) is 0 Å². The molecule has 0 saturated carbocycles. The van der Waals surface area contributed by atoms with Gasteiger partial charge in [-0.2, -0.15) is 5.10 Å². The molecule has 7 nitrogen and oxygen atoms in total. The van der Waals surface area contributed by atoms with Crippen LogP contribution >= 0.6 is 0 Å². The number of piperidine rings is 1. The molecule has 27 heavy (non-hydrogen) atoms. The summed E-state index contributed by atoms with van der Waals surface area (Å²) in [5.74, 6) is 1.02. The summed E-state index contributed by atoms with van der Waals surface area (Å²) in [5.41, 5.74) is 0.0285. The number of aryl methyl sites for hydroxylation is 1. The van der Waals surface area contributed by atoms with Crippen LogP contribution in [0.15, 0.2) is 28.9 Å². The highest BCUT2D eigenvalue weighted by Gasteiger charge is 2.44. The lowest BCUT2D eigenvalue weighted by Crippen LogP contribution is -2.51. The Morgan fingerprint density at radius 3 is 2.78 bits per heavy atom. The fourth-order valence-corrected chi connectivity index (χ4v) is 4.11. The van der Waals surface area contributed by atoms with Crippen LogP contribution in [0.5, 0.6) is 0 Å². The fourth-order valence-electron chi connectivity index (χ4n) is 4.11. The molecular formula is C20H27N3O4. The van der Waals surface area contributed by atoms with Gasteiger partial charge in [0.25, 0.3) is 0 Å². The normalized spacial score (nSPS) is 23.4. The lowest BCUT2D eigenvalue weighted by atomic mass is 9.87. The Morgan fingerprint density at radius 1 is 1.33 bits per heavy atom. The molecule has 1 unspecified atom stereocenters. The van der Waals surface area contributed by atoms with Crippen molar-refractivity contribution in [3.05, 3.63) is 41.6 Å². The first-order valence-corrected chi connectivity index (χ1v) is 9.74. The van der Waals surface area contributed by atoms with E-state index in [0.29, 0.717) is 32.5 Å². The number of carboxylic acid groups (broad SMARTS) is 1. The third-order valence-electron chi connectivity index (χ3n) is 5.79. The van der Waals surface area contributed by atoms with Gasteiger partial charge in [0.1, 0.15) is 17.6 Å². The maximum absolute atomic E-state index is 12.0. The molecule has 0 aliphatic carbocycles. The molecule has 0 spiro atoms. The number of likely N-dealkylation sites (tertiary alicyclic amines) is 1. The van der Waals surface area contributed by atoms with Crippen molar-refractivity contribution in [2.45, 2.75) is 57.2 Å². The second-order valence-electron chi connectivity index (χ2n) is 7.73. The second-order valence-corrected chi connectivity index (χ2v) is 7.73. The Balaban J connectivity index is 1.39. The lowest BCUT2D eigenvalue weighted by Gasteiger charge is -2.38. The van der Waals surface area contributed by atoms with Gasteiger partial charge in [-0.1, -0.05) is 0 Å². The minimum atomic E-state index is -0.949. The van der Waals surface area contributed by atoms with E-state index in [1.54, 1.807) is 10.9 Å². The summed E-state index contributed by atoms with van der Waals surface area (Å²) in [6, 6.07) is 4.03. The molecule has 2 aliphatic rings. The molecular weight excluding hydrogens is 346 g/mol. The Bertz CT molecular complexity index is 783. The average molecular weight is 373 g/mol. The number of hydrogen-bond donors (Lipinski definition) is 1. The van der Waals surface area contributed by atoms with Gasteiger partial charge in [-0.05, 0) is 56.7 Å². The third kappa shape index (κ3) is 3.66. The average Bonchev–Trinajstić information content (AvgIpc) is 3.32. The van der Waals surface area contributed by atoms with E-state index in [1.165, 1.54) is 6.42 Å². The smallest absolute Gasteiger partial charge is 0.331 e. The van der Waals surface area contributed by atoms with Crippen LogP contribution in [0.25, 0.3) is 0 Å². The van der Waals surface area contributed by atoms with Gasteiger partial charge in [-0.25, -0.2) is 4.79 Å². The summed E-state index contributed by atoms with van der Waals surface area (Å²) in [6.45, 7) is 4.82. The summed E-state index contributed by atoms with van der Waals surface area (Å²) in [4.78, 5) is 14.3. The molecule has 2 fully saturated rings. The van der Waals surface area contributed by atoms with Gasteiger partial charge in [-0.3, -0.25) is 9.58 Å². The van der Waals surface area contributed by atoms with Crippen molar-refractivity contribution in [3.63, 3.8) is 0 Å². The van der Waals surface area contributed by atoms with Crippen molar-refractivity contribution in [1.29, 1.82) is 0 Å². The SMILES string of the molecule is Cc1cnn(C2(C(=O)O)CCN(Cc3ccc(C4CCCCO4)o3)CC2)c1. The molecule has 0 bridgehead atoms. The zero-order valence-corrected chi connectivity index (χ0v) is 15.8. The molecule has 0 aromatic carbocycles. The van der Waals surface area contributed by atoms with Crippen molar-refractivity contribution in [2.24, 2.45) is 0 Å². The van der Waals surface area contributed by atoms with Gasteiger partial charge >= 0.3 is 5.97 Å². The van der Waals surface area contributed by atoms with Gasteiger partial charge in [0.05, 0.1) is 12.7 Å². The van der Waals surface area contributed by atoms with Crippen LogP contribution in [0.1, 0.15) is 55.3 Å². The molecule has 7 heteroatoms. The molecule has 146 valence electrons. The van der Waals surface area contributed by atoms with Crippen molar-refractivity contribution < 1.29 is 19.1 Å². The number of nitrogens with zero attached hydrogens (tertiary/aromatic N) is 3. The Labute approximate surface area is 158 Å². The fraction of sp³-hybridized carbons (Fsp3) is 0.600. The van der Waals surface area contributed by atoms with Crippen molar-refractivity contribution in [1.82, 2.24) is 14.7 Å². The Morgan fingerprint density at radius 2 is 2.15 bits per heavy atom. The molecule has 2 aromatic rings. The van der Waals surface area contributed by atoms with E-state index in [1.807, 2.05) is 25.3 Å². The predicted octanol–water partition coefficient (Wildman–Crippen LogP) is 3.10. The summed E-state index contributed by atoms with van der Waals surface area (Å²) < 4.78 is 13.4. The van der Waals surface area contributed by atoms with Crippen LogP contribution in [0, 0.1) is 6.92 Å². The largest absolute Gasteiger partial charge is 0.479 e. The second kappa shape index (κ2) is 7.48. The predicted molar refractivity (Wildman–Crippen MR) is 98.3 cm³/mol. The summed E-state index contributed by atoms with van der Waals surface area (Å²) in [6.07, 6.45) is 8.00. The molecule has 1 N–H and O–H groups in total. The van der Waals surface area contributed by atoms with Crippen LogP contribution in [-0.2, 0) is 21.6 Å². The van der Waals surface area contributed by atoms with Gasteiger partial charge in [0.15, 0.2) is 5.54 Å². The van der Waals surface area contributed by atoms with E-state index in [0.717, 1.165) is 36.5 Å². The lowest BCUT2D eigenvalue weighted by molar-refractivity contribution is -0.151. The number of hydrogen-bond acceptors (Lipinski definition) is 5. The van der Waals surface area contributed by atoms with E-state index in [9.17, 15) is 9.90 Å². The monoisotopic (exact) mass is 373 g/mol. The van der Waals surface area contributed by atoms with Gasteiger partial charge in [0.2, 0.25) is 0 Å². The number of furan rings is 1. The van der Waals surface area contributed by atoms with Gasteiger partial charge in [0, 0.05) is 25.9 Å². The first-order chi connectivity index (χ1) is 13.1. The van der Waals surface area contributed by atoms with E-state index in [2.05, 4.69) is 10.00 Å². The molecule has 2 saturated heterocycles. The van der Waals surface area contributed by atoms with E-state index < -0.39 is 11.5 Å². The minimum Gasteiger partial charge on any atom is -0.479 e. The molecule has 0 amide bonds. The first-order valence-electron chi connectivity index (χ1n) is 9.74. The molecule has 4 rings (SSSR count). The number of ether oxygens (including phenoxy) is 1. The van der Waals surface area contributed by atoms with Crippen LogP contribution in [0.2, 0.25) is 0 Å². The van der Waals surface area contributed by atoms with Gasteiger partial charge < -0.3 is 14.3 Å². The van der Waals surface area contributed by atoms with Crippen molar-refractivity contribution in [2.75, 3.05) is 19.7 Å².